The zero-order chi connectivity index (χ0) is 73.5. The number of hydrogen-bond donors (Lipinski definition) is 0. The predicted molar refractivity (Wildman–Crippen MR) is 394 cm³/mol. The third kappa shape index (κ3) is 18.1. The van der Waals surface area contributed by atoms with Crippen molar-refractivity contribution in [1.29, 1.82) is 0 Å². The predicted octanol–water partition coefficient (Wildman–Crippen LogP) is 18.0. The van der Waals surface area contributed by atoms with E-state index in [1.807, 2.05) is 79.5 Å². The van der Waals surface area contributed by atoms with E-state index in [-0.39, 0.29) is 0 Å². The molecule has 6 heteroatoms. The normalized spacial score (nSPS) is 11.7. The van der Waals surface area contributed by atoms with Gasteiger partial charge in [0, 0.05) is 111 Å². The molecule has 0 atom stereocenters. The van der Waals surface area contributed by atoms with Crippen LogP contribution in [0.1, 0.15) is 97.2 Å². The molecule has 0 saturated heterocycles. The van der Waals surface area contributed by atoms with Gasteiger partial charge in [-0.3, -0.25) is 0 Å². The molecular formula is C88H104N6+6. The molecule has 6 aromatic heterocycles. The van der Waals surface area contributed by atoms with Gasteiger partial charge in [0.1, 0.15) is 42.3 Å². The number of aromatic nitrogens is 6. The molecule has 6 aromatic carbocycles. The van der Waals surface area contributed by atoms with E-state index in [0.717, 1.165) is 28.1 Å². The summed E-state index contributed by atoms with van der Waals surface area (Å²) in [5.41, 5.74) is 33.6. The van der Waals surface area contributed by atoms with E-state index in [9.17, 15) is 0 Å². The lowest BCUT2D eigenvalue weighted by atomic mass is 9.97. The molecule has 0 fully saturated rings. The number of nitrogens with zero attached hydrogens (tertiary/aromatic N) is 6. The minimum atomic E-state index is -2.06. The zero-order valence-electron chi connectivity index (χ0n) is 65.6. The van der Waals surface area contributed by atoms with Gasteiger partial charge in [-0.1, -0.05) is 109 Å². The summed E-state index contributed by atoms with van der Waals surface area (Å²) in [6, 6.07) is 66.4. The van der Waals surface area contributed by atoms with Crippen LogP contribution in [-0.2, 0) is 42.3 Å². The van der Waals surface area contributed by atoms with Crippen LogP contribution in [0.25, 0.3) is 67.5 Å². The molecule has 94 heavy (non-hydrogen) atoms. The van der Waals surface area contributed by atoms with Crippen molar-refractivity contribution in [1.82, 2.24) is 0 Å². The zero-order valence-corrected chi connectivity index (χ0v) is 59.6. The molecule has 12 rings (SSSR count). The second-order valence-electron chi connectivity index (χ2n) is 25.1. The van der Waals surface area contributed by atoms with E-state index in [1.54, 1.807) is 24.5 Å². The highest BCUT2D eigenvalue weighted by Crippen LogP contribution is 2.29. The monoisotopic (exact) mass is 1250 g/mol. The summed E-state index contributed by atoms with van der Waals surface area (Å²) in [5, 5.41) is 0. The molecule has 0 N–H and O–H groups in total. The number of rotatable bonds is 6. The molecule has 0 radical (unpaired) electrons. The SMILES string of the molecule is Cc1cc[n+](C)c(-c2ccccc2C)c1.Cc1ccccc1-c1c(C)c(C)c(C)c[n+]1C.Cc1ccccc1-c1c(C)c(C)cc[n+]1C.Cc1ccccc1-c1c(C)ccc[n+]1C.[2H]C([2H])([2H])c1cc(C)c(-c2ccccc2C)[n+](C)c1.[2H]C([2H])([2H])c1ccc(-c2ccccc2C)[n+](C)c1. The van der Waals surface area contributed by atoms with Crippen molar-refractivity contribution < 1.29 is 35.6 Å². The van der Waals surface area contributed by atoms with E-state index in [1.165, 1.54) is 117 Å². The standard InChI is InChI=1S/C16H20N.2C15H18N.3C14H16N/c1-11-8-6-7-9-15(11)16-14(4)13(3)12(2)10-17(16)5;1-11-9-13(3)15(16(4)10-11)14-8-6-5-7-12(14)2;1-11-9-10-16(4)15(13(11)3)14-8-6-5-7-12(14)2;1-11-7-4-5-9-13(11)14-12(2)8-6-10-15(14)3;1-11-8-9-15(3)14(10-11)13-7-5-4-6-12(13)2;1-11-8-9-14(15(3)10-11)13-7-5-4-6-12(13)2/h6-10H,1-5H3;2*5-10H,1-4H3;3*4-10H,1-3H3/q6*+1/i;1D3;;;;1D3. The molecule has 0 aliphatic heterocycles. The van der Waals surface area contributed by atoms with Gasteiger partial charge in [-0.05, 0) is 215 Å². The third-order valence-electron chi connectivity index (χ3n) is 17.8. The summed E-state index contributed by atoms with van der Waals surface area (Å²) in [5.74, 6) is 0. The Hall–Kier alpha value is -9.78. The van der Waals surface area contributed by atoms with Crippen LogP contribution in [0.15, 0.2) is 231 Å². The molecule has 6 nitrogen and oxygen atoms in total. The Morgan fingerprint density at radius 2 is 0.606 bits per heavy atom. The van der Waals surface area contributed by atoms with Gasteiger partial charge in [0.25, 0.3) is 0 Å². The quantitative estimate of drug-likeness (QED) is 0.148. The fourth-order valence-electron chi connectivity index (χ4n) is 12.2. The first-order chi connectivity index (χ1) is 47.2. The second-order valence-corrected chi connectivity index (χ2v) is 25.1. The van der Waals surface area contributed by atoms with Crippen molar-refractivity contribution in [2.45, 2.75) is 111 Å². The Balaban J connectivity index is 0.000000169. The number of aryl methyl sites for hydroxylation is 19. The van der Waals surface area contributed by atoms with Crippen molar-refractivity contribution in [3.63, 3.8) is 0 Å². The first kappa shape index (κ1) is 63.0. The first-order valence-electron chi connectivity index (χ1n) is 35.4. The first-order valence-corrected chi connectivity index (χ1v) is 32.4. The van der Waals surface area contributed by atoms with Gasteiger partial charge >= 0.3 is 0 Å². The van der Waals surface area contributed by atoms with Gasteiger partial charge in [-0.2, -0.15) is 0 Å². The molecule has 0 bridgehead atoms. The Bertz CT molecular complexity index is 4790. The van der Waals surface area contributed by atoms with E-state index in [4.69, 9.17) is 8.22 Å². The van der Waals surface area contributed by atoms with E-state index in [0.29, 0.717) is 11.1 Å². The minimum Gasteiger partial charge on any atom is -0.201 e. The molecule has 12 aromatic rings. The van der Waals surface area contributed by atoms with E-state index in [2.05, 4.69) is 294 Å². The smallest absolute Gasteiger partial charge is 0.201 e. The van der Waals surface area contributed by atoms with Gasteiger partial charge in [0.15, 0.2) is 37.2 Å². The number of pyridine rings is 6. The Labute approximate surface area is 573 Å². The van der Waals surface area contributed by atoms with E-state index < -0.39 is 13.7 Å². The summed E-state index contributed by atoms with van der Waals surface area (Å²) in [7, 11) is 12.2. The van der Waals surface area contributed by atoms with Crippen molar-refractivity contribution in [3.8, 4) is 67.5 Å². The van der Waals surface area contributed by atoms with Crippen LogP contribution in [0.5, 0.6) is 0 Å². The molecule has 0 spiro atoms. The van der Waals surface area contributed by atoms with Gasteiger partial charge in [0.2, 0.25) is 34.2 Å². The maximum Gasteiger partial charge on any atom is 0.215 e. The van der Waals surface area contributed by atoms with Crippen molar-refractivity contribution in [3.05, 3.63) is 320 Å². The fourth-order valence-corrected chi connectivity index (χ4v) is 12.2. The maximum absolute atomic E-state index is 7.50. The molecule has 0 saturated carbocycles. The highest BCUT2D eigenvalue weighted by molar-refractivity contribution is 5.68. The molecule has 480 valence electrons. The van der Waals surface area contributed by atoms with Crippen LogP contribution < -0.4 is 27.4 Å². The number of benzene rings is 6. The Morgan fingerprint density at radius 1 is 0.223 bits per heavy atom. The summed E-state index contributed by atoms with van der Waals surface area (Å²) in [4.78, 5) is 0. The van der Waals surface area contributed by atoms with Crippen LogP contribution in [0.3, 0.4) is 0 Å². The molecule has 6 heterocycles. The largest absolute Gasteiger partial charge is 0.215 e. The van der Waals surface area contributed by atoms with Gasteiger partial charge in [-0.15, -0.1) is 0 Å². The van der Waals surface area contributed by atoms with Gasteiger partial charge in [-0.25, -0.2) is 27.4 Å². The highest BCUT2D eigenvalue weighted by Gasteiger charge is 2.21. The van der Waals surface area contributed by atoms with Gasteiger partial charge < -0.3 is 0 Å². The summed E-state index contributed by atoms with van der Waals surface area (Å²) >= 11 is 0. The number of hydrogen-bond acceptors (Lipinski definition) is 0. The van der Waals surface area contributed by atoms with Gasteiger partial charge in [0.05, 0.1) is 0 Å². The summed E-state index contributed by atoms with van der Waals surface area (Å²) < 4.78 is 57.3. The van der Waals surface area contributed by atoms with Crippen LogP contribution in [-0.4, -0.2) is 0 Å². The Kier molecular flexibility index (Phi) is 22.2. The van der Waals surface area contributed by atoms with Crippen LogP contribution >= 0.6 is 0 Å². The fraction of sp³-hybridized carbons (Fsp3) is 0.250. The van der Waals surface area contributed by atoms with Crippen molar-refractivity contribution in [2.75, 3.05) is 0 Å². The van der Waals surface area contributed by atoms with Crippen LogP contribution in [0, 0.1) is 111 Å². The molecule has 0 aliphatic carbocycles. The Morgan fingerprint density at radius 3 is 1.05 bits per heavy atom. The topological polar surface area (TPSA) is 23.3 Å². The van der Waals surface area contributed by atoms with E-state index >= 15 is 0 Å². The lowest BCUT2D eigenvalue weighted by molar-refractivity contribution is -0.661. The minimum absolute atomic E-state index is 0.363. The van der Waals surface area contributed by atoms with Crippen LogP contribution in [0.4, 0.5) is 0 Å². The molecule has 0 unspecified atom stereocenters. The highest BCUT2D eigenvalue weighted by atomic mass is 14.9. The average molecular weight is 1250 g/mol. The van der Waals surface area contributed by atoms with Crippen LogP contribution in [0.2, 0.25) is 0 Å². The lowest BCUT2D eigenvalue weighted by Gasteiger charge is -2.10. The van der Waals surface area contributed by atoms with Crippen molar-refractivity contribution >= 4 is 0 Å². The summed E-state index contributed by atoms with van der Waals surface area (Å²) in [6.45, 7) is 25.8. The maximum atomic E-state index is 7.50. The summed E-state index contributed by atoms with van der Waals surface area (Å²) in [6.07, 6.45) is 11.9. The molecule has 0 amide bonds. The molecule has 0 aliphatic rings. The molecular weight excluding hydrogens is 1140 g/mol. The average Bonchev–Trinajstić information content (AvgIpc) is 0.800. The lowest BCUT2D eigenvalue weighted by Crippen LogP contribution is -2.33. The third-order valence-corrected chi connectivity index (χ3v) is 17.8. The van der Waals surface area contributed by atoms with Crippen molar-refractivity contribution in [2.24, 2.45) is 42.3 Å². The second kappa shape index (κ2) is 33.2.